The van der Waals surface area contributed by atoms with E-state index in [4.69, 9.17) is 4.74 Å². The number of hydrogen-bond donors (Lipinski definition) is 0. The van der Waals surface area contributed by atoms with Gasteiger partial charge in [-0.25, -0.2) is 0 Å². The quantitative estimate of drug-likeness (QED) is 0.493. The highest BCUT2D eigenvalue weighted by Gasteiger charge is 2.24. The SMILES string of the molecule is CSc1ccc(-c2ccc(OCC3CCN(C(=O)c4cccs4)CC3)cn2)cc1. The number of carbonyl (C=O) groups excluding carboxylic acids is 1. The Kier molecular flexibility index (Phi) is 6.52. The van der Waals surface area contributed by atoms with E-state index < -0.39 is 0 Å². The number of piperidine rings is 1. The molecule has 0 spiro atoms. The molecule has 6 heteroatoms. The van der Waals surface area contributed by atoms with Crippen molar-refractivity contribution in [2.45, 2.75) is 17.7 Å². The lowest BCUT2D eigenvalue weighted by molar-refractivity contribution is 0.0666. The van der Waals surface area contributed by atoms with E-state index in [0.717, 1.165) is 47.8 Å². The van der Waals surface area contributed by atoms with Crippen molar-refractivity contribution in [3.05, 3.63) is 65.0 Å². The Morgan fingerprint density at radius 3 is 2.59 bits per heavy atom. The Labute approximate surface area is 179 Å². The predicted molar refractivity (Wildman–Crippen MR) is 120 cm³/mol. The lowest BCUT2D eigenvalue weighted by atomic mass is 9.97. The summed E-state index contributed by atoms with van der Waals surface area (Å²) in [5.74, 6) is 1.43. The number of hydrogen-bond acceptors (Lipinski definition) is 5. The van der Waals surface area contributed by atoms with Gasteiger partial charge in [-0.2, -0.15) is 0 Å². The number of ether oxygens (including phenoxy) is 1. The number of likely N-dealkylation sites (tertiary alicyclic amines) is 1. The Bertz CT molecular complexity index is 917. The third-order valence-corrected chi connectivity index (χ3v) is 6.84. The van der Waals surface area contributed by atoms with E-state index >= 15 is 0 Å². The standard InChI is InChI=1S/C23H24N2O2S2/c1-28-20-7-4-18(5-8-20)21-9-6-19(15-24-21)27-16-17-10-12-25(13-11-17)23(26)22-3-2-14-29-22/h2-9,14-15,17H,10-13,16H2,1H3. The average molecular weight is 425 g/mol. The Morgan fingerprint density at radius 2 is 1.97 bits per heavy atom. The van der Waals surface area contributed by atoms with Crippen LogP contribution in [0.2, 0.25) is 0 Å². The second kappa shape index (κ2) is 9.46. The first-order valence-electron chi connectivity index (χ1n) is 9.79. The molecule has 2 aromatic heterocycles. The predicted octanol–water partition coefficient (Wildman–Crippen LogP) is 5.46. The monoisotopic (exact) mass is 424 g/mol. The van der Waals surface area contributed by atoms with Gasteiger partial charge in [-0.05, 0) is 60.7 Å². The first-order chi connectivity index (χ1) is 14.2. The minimum atomic E-state index is 0.157. The third-order valence-electron chi connectivity index (χ3n) is 5.24. The molecule has 1 amide bonds. The molecular weight excluding hydrogens is 400 g/mol. The van der Waals surface area contributed by atoms with Crippen molar-refractivity contribution < 1.29 is 9.53 Å². The summed E-state index contributed by atoms with van der Waals surface area (Å²) in [6.45, 7) is 2.27. The van der Waals surface area contributed by atoms with Gasteiger partial charge in [-0.3, -0.25) is 9.78 Å². The molecule has 150 valence electrons. The molecule has 1 aliphatic rings. The molecule has 0 radical (unpaired) electrons. The second-order valence-electron chi connectivity index (χ2n) is 7.13. The van der Waals surface area contributed by atoms with Gasteiger partial charge in [-0.1, -0.05) is 18.2 Å². The van der Waals surface area contributed by atoms with Gasteiger partial charge in [0.2, 0.25) is 0 Å². The van der Waals surface area contributed by atoms with Crippen LogP contribution in [0.4, 0.5) is 0 Å². The van der Waals surface area contributed by atoms with Crippen LogP contribution in [-0.4, -0.2) is 41.7 Å². The molecule has 3 heterocycles. The number of pyridine rings is 1. The zero-order valence-electron chi connectivity index (χ0n) is 16.4. The van der Waals surface area contributed by atoms with E-state index in [-0.39, 0.29) is 5.91 Å². The summed E-state index contributed by atoms with van der Waals surface area (Å²) in [7, 11) is 0. The fourth-order valence-corrected chi connectivity index (χ4v) is 4.57. The zero-order chi connectivity index (χ0) is 20.1. The summed E-state index contributed by atoms with van der Waals surface area (Å²) >= 11 is 3.24. The maximum Gasteiger partial charge on any atom is 0.263 e. The summed E-state index contributed by atoms with van der Waals surface area (Å²) in [4.78, 5) is 21.0. The number of aromatic nitrogens is 1. The van der Waals surface area contributed by atoms with Crippen LogP contribution in [0.15, 0.2) is 65.0 Å². The van der Waals surface area contributed by atoms with Gasteiger partial charge < -0.3 is 9.64 Å². The van der Waals surface area contributed by atoms with Gasteiger partial charge in [-0.15, -0.1) is 23.1 Å². The summed E-state index contributed by atoms with van der Waals surface area (Å²) in [6, 6.07) is 16.2. The normalized spacial score (nSPS) is 14.7. The molecule has 0 saturated carbocycles. The molecule has 0 unspecified atom stereocenters. The summed E-state index contributed by atoms with van der Waals surface area (Å²) in [6.07, 6.45) is 5.83. The molecule has 0 atom stereocenters. The molecule has 0 aliphatic carbocycles. The number of thiophene rings is 1. The van der Waals surface area contributed by atoms with Crippen LogP contribution >= 0.6 is 23.1 Å². The molecule has 1 fully saturated rings. The Hall–Kier alpha value is -2.31. The van der Waals surface area contributed by atoms with Crippen LogP contribution in [0, 0.1) is 5.92 Å². The van der Waals surface area contributed by atoms with Crippen molar-refractivity contribution in [2.24, 2.45) is 5.92 Å². The highest BCUT2D eigenvalue weighted by atomic mass is 32.2. The molecule has 4 nitrogen and oxygen atoms in total. The molecule has 1 aromatic carbocycles. The van der Waals surface area contributed by atoms with Crippen LogP contribution < -0.4 is 4.74 Å². The van der Waals surface area contributed by atoms with E-state index in [1.807, 2.05) is 34.5 Å². The van der Waals surface area contributed by atoms with Crippen molar-refractivity contribution in [3.8, 4) is 17.0 Å². The summed E-state index contributed by atoms with van der Waals surface area (Å²) < 4.78 is 5.97. The fourth-order valence-electron chi connectivity index (χ4n) is 3.47. The molecule has 4 rings (SSSR count). The molecule has 0 N–H and O–H groups in total. The third kappa shape index (κ3) is 5.00. The van der Waals surface area contributed by atoms with Gasteiger partial charge in [0.1, 0.15) is 5.75 Å². The fraction of sp³-hybridized carbons (Fsp3) is 0.304. The number of rotatable bonds is 6. The van der Waals surface area contributed by atoms with Gasteiger partial charge in [0.05, 0.1) is 23.4 Å². The van der Waals surface area contributed by atoms with E-state index in [1.165, 1.54) is 16.2 Å². The van der Waals surface area contributed by atoms with Crippen LogP contribution in [0.3, 0.4) is 0 Å². The van der Waals surface area contributed by atoms with Crippen molar-refractivity contribution in [2.75, 3.05) is 26.0 Å². The molecule has 0 bridgehead atoms. The first-order valence-corrected chi connectivity index (χ1v) is 11.9. The highest BCUT2D eigenvalue weighted by molar-refractivity contribution is 7.98. The number of carbonyl (C=O) groups is 1. The first kappa shape index (κ1) is 20.0. The molecule has 1 saturated heterocycles. The minimum Gasteiger partial charge on any atom is -0.492 e. The van der Waals surface area contributed by atoms with Crippen molar-refractivity contribution in [3.63, 3.8) is 0 Å². The average Bonchev–Trinajstić information content (AvgIpc) is 3.33. The van der Waals surface area contributed by atoms with Crippen LogP contribution in [0.1, 0.15) is 22.5 Å². The number of thioether (sulfide) groups is 1. The summed E-state index contributed by atoms with van der Waals surface area (Å²) in [5.41, 5.74) is 2.06. The topological polar surface area (TPSA) is 42.4 Å². The van der Waals surface area contributed by atoms with Crippen LogP contribution in [-0.2, 0) is 0 Å². The Balaban J connectivity index is 1.26. The maximum atomic E-state index is 12.4. The van der Waals surface area contributed by atoms with E-state index in [9.17, 15) is 4.79 Å². The second-order valence-corrected chi connectivity index (χ2v) is 8.96. The van der Waals surface area contributed by atoms with E-state index in [2.05, 4.69) is 35.5 Å². The maximum absolute atomic E-state index is 12.4. The molecule has 1 aliphatic heterocycles. The zero-order valence-corrected chi connectivity index (χ0v) is 18.0. The van der Waals surface area contributed by atoms with Crippen molar-refractivity contribution >= 4 is 29.0 Å². The smallest absolute Gasteiger partial charge is 0.263 e. The lowest BCUT2D eigenvalue weighted by Crippen LogP contribution is -2.39. The van der Waals surface area contributed by atoms with Crippen molar-refractivity contribution in [1.29, 1.82) is 0 Å². The van der Waals surface area contributed by atoms with Gasteiger partial charge in [0.15, 0.2) is 0 Å². The number of amides is 1. The number of benzene rings is 1. The van der Waals surface area contributed by atoms with Gasteiger partial charge in [0.25, 0.3) is 5.91 Å². The van der Waals surface area contributed by atoms with E-state index in [0.29, 0.717) is 12.5 Å². The van der Waals surface area contributed by atoms with Crippen molar-refractivity contribution in [1.82, 2.24) is 9.88 Å². The Morgan fingerprint density at radius 1 is 1.17 bits per heavy atom. The van der Waals surface area contributed by atoms with Gasteiger partial charge in [0, 0.05) is 23.5 Å². The molecular formula is C23H24N2O2S2. The highest BCUT2D eigenvalue weighted by Crippen LogP contribution is 2.25. The van der Waals surface area contributed by atoms with Crippen LogP contribution in [0.25, 0.3) is 11.3 Å². The molecule has 3 aromatic rings. The summed E-state index contributed by atoms with van der Waals surface area (Å²) in [5, 5.41) is 1.95. The van der Waals surface area contributed by atoms with Crippen LogP contribution in [0.5, 0.6) is 5.75 Å². The number of nitrogens with zero attached hydrogens (tertiary/aromatic N) is 2. The van der Waals surface area contributed by atoms with Gasteiger partial charge >= 0.3 is 0 Å². The lowest BCUT2D eigenvalue weighted by Gasteiger charge is -2.31. The van der Waals surface area contributed by atoms with E-state index in [1.54, 1.807) is 18.0 Å². The minimum absolute atomic E-state index is 0.157. The largest absolute Gasteiger partial charge is 0.492 e. The molecule has 29 heavy (non-hydrogen) atoms.